The van der Waals surface area contributed by atoms with E-state index in [0.717, 1.165) is 0 Å². The molecule has 138 valence electrons. The van der Waals surface area contributed by atoms with Gasteiger partial charge in [-0.3, -0.25) is 14.5 Å². The Bertz CT molecular complexity index is 896. The van der Waals surface area contributed by atoms with E-state index in [9.17, 15) is 22.8 Å². The highest BCUT2D eigenvalue weighted by Crippen LogP contribution is 2.38. The Labute approximate surface area is 150 Å². The molecule has 2 fully saturated rings. The Hall–Kier alpha value is -2.42. The molecule has 0 aromatic heterocycles. The van der Waals surface area contributed by atoms with Crippen LogP contribution in [0.5, 0.6) is 0 Å². The predicted molar refractivity (Wildman–Crippen MR) is 89.7 cm³/mol. The molecule has 4 rings (SSSR count). The molecule has 3 atom stereocenters. The van der Waals surface area contributed by atoms with Gasteiger partial charge in [-0.1, -0.05) is 18.2 Å². The number of carbonyl (C=O) groups excluding carboxylic acids is 3. The van der Waals surface area contributed by atoms with E-state index in [4.69, 9.17) is 4.74 Å². The van der Waals surface area contributed by atoms with Gasteiger partial charge in [-0.05, 0) is 18.9 Å². The van der Waals surface area contributed by atoms with Crippen LogP contribution < -0.4 is 5.32 Å². The summed E-state index contributed by atoms with van der Waals surface area (Å²) in [6, 6.07) is 5.55. The van der Waals surface area contributed by atoms with Crippen molar-refractivity contribution in [1.29, 1.82) is 0 Å². The average molecular weight is 378 g/mol. The van der Waals surface area contributed by atoms with Crippen LogP contribution in [0.15, 0.2) is 24.3 Å². The molecule has 3 heterocycles. The summed E-state index contributed by atoms with van der Waals surface area (Å²) in [6.45, 7) is 0. The predicted octanol–water partition coefficient (Wildman–Crippen LogP) is 0.150. The number of esters is 1. The molecule has 2 saturated heterocycles. The van der Waals surface area contributed by atoms with Crippen LogP contribution in [0, 0.1) is 0 Å². The van der Waals surface area contributed by atoms with Crippen LogP contribution in [0.1, 0.15) is 41.4 Å². The van der Waals surface area contributed by atoms with Crippen LogP contribution in [0.3, 0.4) is 0 Å². The molecule has 26 heavy (non-hydrogen) atoms. The van der Waals surface area contributed by atoms with E-state index >= 15 is 0 Å². The van der Waals surface area contributed by atoms with E-state index in [1.165, 1.54) is 4.90 Å². The molecule has 0 unspecified atom stereocenters. The number of hydrogen-bond donors (Lipinski definition) is 1. The third-order valence-corrected chi connectivity index (χ3v) is 6.82. The molecule has 1 N–H and O–H groups in total. The number of sulfone groups is 1. The summed E-state index contributed by atoms with van der Waals surface area (Å²) in [7, 11) is -3.12. The van der Waals surface area contributed by atoms with Gasteiger partial charge in [-0.2, -0.15) is 0 Å². The number of nitrogens with zero attached hydrogens (tertiary/aromatic N) is 1. The van der Waals surface area contributed by atoms with Crippen molar-refractivity contribution < 1.29 is 27.5 Å². The molecule has 3 aliphatic heterocycles. The van der Waals surface area contributed by atoms with Crippen LogP contribution in [0.25, 0.3) is 0 Å². The van der Waals surface area contributed by atoms with Crippen LogP contribution in [0.2, 0.25) is 0 Å². The summed E-state index contributed by atoms with van der Waals surface area (Å²) in [5.74, 6) is -1.22. The molecule has 8 nitrogen and oxygen atoms in total. The lowest BCUT2D eigenvalue weighted by Gasteiger charge is -2.29. The summed E-state index contributed by atoms with van der Waals surface area (Å²) in [5.41, 5.74) is 0.951. The highest BCUT2D eigenvalue weighted by atomic mass is 32.2. The topological polar surface area (TPSA) is 110 Å². The lowest BCUT2D eigenvalue weighted by atomic mass is 10.1. The van der Waals surface area contributed by atoms with Crippen molar-refractivity contribution in [3.05, 3.63) is 35.4 Å². The lowest BCUT2D eigenvalue weighted by molar-refractivity contribution is -0.145. The molecule has 0 aliphatic carbocycles. The molecule has 9 heteroatoms. The number of carbonyl (C=O) groups is 3. The van der Waals surface area contributed by atoms with Gasteiger partial charge in [-0.25, -0.2) is 13.2 Å². The molecule has 0 bridgehead atoms. The number of likely N-dealkylation sites (tertiary alicyclic amines) is 1. The van der Waals surface area contributed by atoms with E-state index in [-0.39, 0.29) is 23.8 Å². The summed E-state index contributed by atoms with van der Waals surface area (Å²) in [6.07, 6.45) is -0.0649. The zero-order valence-corrected chi connectivity index (χ0v) is 14.7. The van der Waals surface area contributed by atoms with E-state index in [1.54, 1.807) is 24.3 Å². The minimum absolute atomic E-state index is 0.0544. The second kappa shape index (κ2) is 6.08. The second-order valence-corrected chi connectivity index (χ2v) is 9.04. The maximum Gasteiger partial charge on any atom is 0.340 e. The third kappa shape index (κ3) is 2.86. The maximum atomic E-state index is 12.7. The lowest BCUT2D eigenvalue weighted by Crippen LogP contribution is -2.49. The fraction of sp³-hybridized carbons (Fsp3) is 0.471. The zero-order valence-electron chi connectivity index (χ0n) is 13.9. The Morgan fingerprint density at radius 1 is 1.19 bits per heavy atom. The molecule has 0 spiro atoms. The van der Waals surface area contributed by atoms with Gasteiger partial charge in [0.05, 0.1) is 17.1 Å². The highest BCUT2D eigenvalue weighted by Gasteiger charge is 2.46. The number of amides is 2. The van der Waals surface area contributed by atoms with Gasteiger partial charge >= 0.3 is 5.97 Å². The van der Waals surface area contributed by atoms with E-state index in [0.29, 0.717) is 24.0 Å². The van der Waals surface area contributed by atoms with Crippen LogP contribution >= 0.6 is 0 Å². The van der Waals surface area contributed by atoms with Gasteiger partial charge in [0.15, 0.2) is 9.84 Å². The Kier molecular flexibility index (Phi) is 3.98. The SMILES string of the molecule is O=C1O[C@H](N2C(=O)CC[C@H]2C(=O)N[C@H]2CCS(=O)(=O)C2)c2ccccc21. The van der Waals surface area contributed by atoms with Crippen molar-refractivity contribution >= 4 is 27.6 Å². The number of cyclic esters (lactones) is 1. The molecule has 1 aromatic rings. The molecular formula is C17H18N2O6S. The number of nitrogens with one attached hydrogen (secondary N) is 1. The van der Waals surface area contributed by atoms with Gasteiger partial charge < -0.3 is 10.1 Å². The van der Waals surface area contributed by atoms with Gasteiger partial charge in [0.1, 0.15) is 6.04 Å². The third-order valence-electron chi connectivity index (χ3n) is 5.05. The summed E-state index contributed by atoms with van der Waals surface area (Å²) >= 11 is 0. The van der Waals surface area contributed by atoms with Crippen LogP contribution in [-0.4, -0.2) is 54.7 Å². The normalized spacial score (nSPS) is 29.5. The number of ether oxygens (including phenoxy) is 1. The number of benzene rings is 1. The number of fused-ring (bicyclic) bond motifs is 1. The molecular weight excluding hydrogens is 360 g/mol. The summed E-state index contributed by atoms with van der Waals surface area (Å²) in [5, 5.41) is 2.73. The average Bonchev–Trinajstić information content (AvgIpc) is 3.24. The first kappa shape index (κ1) is 17.0. The van der Waals surface area contributed by atoms with E-state index in [2.05, 4.69) is 5.32 Å². The quantitative estimate of drug-likeness (QED) is 0.750. The van der Waals surface area contributed by atoms with E-state index < -0.39 is 40.0 Å². The van der Waals surface area contributed by atoms with Gasteiger partial charge in [0.2, 0.25) is 18.0 Å². The molecule has 1 aromatic carbocycles. The molecule has 3 aliphatic rings. The molecule has 0 saturated carbocycles. The Balaban J connectivity index is 1.55. The number of rotatable bonds is 3. The highest BCUT2D eigenvalue weighted by molar-refractivity contribution is 7.91. The fourth-order valence-corrected chi connectivity index (χ4v) is 5.47. The van der Waals surface area contributed by atoms with Crippen molar-refractivity contribution in [1.82, 2.24) is 10.2 Å². The fourth-order valence-electron chi connectivity index (χ4n) is 3.79. The summed E-state index contributed by atoms with van der Waals surface area (Å²) in [4.78, 5) is 38.4. The van der Waals surface area contributed by atoms with Crippen LogP contribution in [-0.2, 0) is 24.2 Å². The second-order valence-electron chi connectivity index (χ2n) is 6.81. The van der Waals surface area contributed by atoms with Crippen LogP contribution in [0.4, 0.5) is 0 Å². The largest absolute Gasteiger partial charge is 0.433 e. The monoisotopic (exact) mass is 378 g/mol. The molecule has 0 radical (unpaired) electrons. The standard InChI is InChI=1S/C17H18N2O6S/c20-14-6-5-13(15(21)18-10-7-8-26(23,24)9-10)19(14)16-11-3-1-2-4-12(11)17(22)25-16/h1-4,10,13,16H,5-9H2,(H,18,21)/t10-,13-,16-/m0/s1. The first-order valence-electron chi connectivity index (χ1n) is 8.47. The minimum Gasteiger partial charge on any atom is -0.433 e. The maximum absolute atomic E-state index is 12.7. The van der Waals surface area contributed by atoms with Crippen molar-refractivity contribution in [2.24, 2.45) is 0 Å². The van der Waals surface area contributed by atoms with Gasteiger partial charge in [0, 0.05) is 18.0 Å². The first-order valence-corrected chi connectivity index (χ1v) is 10.3. The Morgan fingerprint density at radius 3 is 2.69 bits per heavy atom. The minimum atomic E-state index is -3.12. The smallest absolute Gasteiger partial charge is 0.340 e. The van der Waals surface area contributed by atoms with Crippen molar-refractivity contribution in [2.75, 3.05) is 11.5 Å². The van der Waals surface area contributed by atoms with Gasteiger partial charge in [0.25, 0.3) is 0 Å². The van der Waals surface area contributed by atoms with Crippen molar-refractivity contribution in [2.45, 2.75) is 37.6 Å². The zero-order chi connectivity index (χ0) is 18.5. The van der Waals surface area contributed by atoms with E-state index in [1.807, 2.05) is 0 Å². The number of hydrogen-bond acceptors (Lipinski definition) is 6. The van der Waals surface area contributed by atoms with Crippen molar-refractivity contribution in [3.8, 4) is 0 Å². The van der Waals surface area contributed by atoms with Gasteiger partial charge in [-0.15, -0.1) is 0 Å². The first-order chi connectivity index (χ1) is 12.4. The summed E-state index contributed by atoms with van der Waals surface area (Å²) < 4.78 is 28.5. The Morgan fingerprint density at radius 2 is 1.96 bits per heavy atom. The molecule has 2 amide bonds. The van der Waals surface area contributed by atoms with Crippen molar-refractivity contribution in [3.63, 3.8) is 0 Å².